The van der Waals surface area contributed by atoms with E-state index < -0.39 is 23.7 Å². The lowest BCUT2D eigenvalue weighted by Gasteiger charge is -2.16. The van der Waals surface area contributed by atoms with Crippen LogP contribution in [-0.2, 0) is 22.4 Å². The number of nitrogens with one attached hydrogen (secondary N) is 1. The molecule has 0 aliphatic carbocycles. The molecule has 0 saturated heterocycles. The third kappa shape index (κ3) is 5.08. The second kappa shape index (κ2) is 8.10. The molecule has 0 heterocycles. The van der Waals surface area contributed by atoms with E-state index in [0.717, 1.165) is 5.56 Å². The van der Waals surface area contributed by atoms with Gasteiger partial charge in [0.25, 0.3) is 0 Å². The van der Waals surface area contributed by atoms with Crippen LogP contribution >= 0.6 is 0 Å². The molecule has 2 rings (SSSR count). The van der Waals surface area contributed by atoms with Gasteiger partial charge in [0, 0.05) is 6.42 Å². The van der Waals surface area contributed by atoms with Crippen LogP contribution < -0.4 is 15.8 Å². The van der Waals surface area contributed by atoms with Crippen molar-refractivity contribution >= 4 is 11.8 Å². The third-order valence-electron chi connectivity index (χ3n) is 3.53. The van der Waals surface area contributed by atoms with E-state index in [0.29, 0.717) is 11.3 Å². The third-order valence-corrected chi connectivity index (χ3v) is 3.53. The predicted molar refractivity (Wildman–Crippen MR) is 87.9 cm³/mol. The molecule has 0 unspecified atom stereocenters. The van der Waals surface area contributed by atoms with Crippen molar-refractivity contribution in [2.75, 3.05) is 7.11 Å². The van der Waals surface area contributed by atoms with Crippen LogP contribution in [0.3, 0.4) is 0 Å². The SMILES string of the molecule is COc1ccc(C[C@H](NC(=O)Cc2cccc(F)c2)C(N)=O)cc1. The number of carbonyl (C=O) groups excluding carboxylic acids is 2. The summed E-state index contributed by atoms with van der Waals surface area (Å²) in [4.78, 5) is 23.7. The van der Waals surface area contributed by atoms with Gasteiger partial charge in [-0.25, -0.2) is 4.39 Å². The highest BCUT2D eigenvalue weighted by atomic mass is 19.1. The number of amides is 2. The molecular formula is C18H19FN2O3. The van der Waals surface area contributed by atoms with Crippen LogP contribution in [-0.4, -0.2) is 25.0 Å². The number of methoxy groups -OCH3 is 1. The van der Waals surface area contributed by atoms with E-state index >= 15 is 0 Å². The maximum absolute atomic E-state index is 13.1. The van der Waals surface area contributed by atoms with Crippen molar-refractivity contribution in [2.45, 2.75) is 18.9 Å². The van der Waals surface area contributed by atoms with Gasteiger partial charge in [-0.3, -0.25) is 9.59 Å². The predicted octanol–water partition coefficient (Wildman–Crippen LogP) is 1.59. The number of ether oxygens (including phenoxy) is 1. The minimum Gasteiger partial charge on any atom is -0.497 e. The number of benzene rings is 2. The van der Waals surface area contributed by atoms with Crippen molar-refractivity contribution in [3.8, 4) is 5.75 Å². The fourth-order valence-electron chi connectivity index (χ4n) is 2.30. The molecule has 0 aliphatic rings. The first-order valence-electron chi connectivity index (χ1n) is 7.44. The zero-order valence-corrected chi connectivity index (χ0v) is 13.3. The van der Waals surface area contributed by atoms with Crippen molar-refractivity contribution in [3.05, 3.63) is 65.5 Å². The van der Waals surface area contributed by atoms with Crippen molar-refractivity contribution in [2.24, 2.45) is 5.73 Å². The largest absolute Gasteiger partial charge is 0.497 e. The van der Waals surface area contributed by atoms with Crippen LogP contribution in [0.1, 0.15) is 11.1 Å². The van der Waals surface area contributed by atoms with Crippen molar-refractivity contribution < 1.29 is 18.7 Å². The Labute approximate surface area is 139 Å². The highest BCUT2D eigenvalue weighted by Crippen LogP contribution is 2.13. The quantitative estimate of drug-likeness (QED) is 0.809. The number of hydrogen-bond acceptors (Lipinski definition) is 3. The van der Waals surface area contributed by atoms with Crippen LogP contribution in [0.2, 0.25) is 0 Å². The number of nitrogens with two attached hydrogens (primary N) is 1. The molecule has 0 aliphatic heterocycles. The van der Waals surface area contributed by atoms with Gasteiger partial charge in [-0.2, -0.15) is 0 Å². The van der Waals surface area contributed by atoms with Crippen LogP contribution in [0, 0.1) is 5.82 Å². The molecule has 5 nitrogen and oxygen atoms in total. The van der Waals surface area contributed by atoms with Crippen LogP contribution in [0.4, 0.5) is 4.39 Å². The molecule has 0 bridgehead atoms. The van der Waals surface area contributed by atoms with Gasteiger partial charge in [-0.15, -0.1) is 0 Å². The Balaban J connectivity index is 1.99. The average molecular weight is 330 g/mol. The molecule has 3 N–H and O–H groups in total. The highest BCUT2D eigenvalue weighted by molar-refractivity contribution is 5.87. The number of primary amides is 1. The summed E-state index contributed by atoms with van der Waals surface area (Å²) in [6, 6.07) is 12.1. The van der Waals surface area contributed by atoms with Gasteiger partial charge in [0.2, 0.25) is 11.8 Å². The molecule has 0 fully saturated rings. The van der Waals surface area contributed by atoms with E-state index in [9.17, 15) is 14.0 Å². The summed E-state index contributed by atoms with van der Waals surface area (Å²) >= 11 is 0. The molecule has 0 saturated carbocycles. The molecule has 0 spiro atoms. The molecule has 24 heavy (non-hydrogen) atoms. The van der Waals surface area contributed by atoms with Gasteiger partial charge in [-0.1, -0.05) is 24.3 Å². The summed E-state index contributed by atoms with van der Waals surface area (Å²) in [5.41, 5.74) is 6.73. The number of hydrogen-bond donors (Lipinski definition) is 2. The van der Waals surface area contributed by atoms with Crippen LogP contribution in [0.5, 0.6) is 5.75 Å². The Kier molecular flexibility index (Phi) is 5.89. The van der Waals surface area contributed by atoms with Gasteiger partial charge in [0.1, 0.15) is 17.6 Å². The van der Waals surface area contributed by atoms with Gasteiger partial charge < -0.3 is 15.8 Å². The van der Waals surface area contributed by atoms with Gasteiger partial charge in [-0.05, 0) is 35.4 Å². The van der Waals surface area contributed by atoms with Crippen molar-refractivity contribution in [1.29, 1.82) is 0 Å². The molecule has 0 radical (unpaired) electrons. The number of carbonyl (C=O) groups is 2. The normalized spacial score (nSPS) is 11.6. The van der Waals surface area contributed by atoms with E-state index in [1.807, 2.05) is 0 Å². The Morgan fingerprint density at radius 1 is 1.17 bits per heavy atom. The maximum Gasteiger partial charge on any atom is 0.240 e. The molecular weight excluding hydrogens is 311 g/mol. The Morgan fingerprint density at radius 2 is 1.88 bits per heavy atom. The van der Waals surface area contributed by atoms with Crippen molar-refractivity contribution in [3.63, 3.8) is 0 Å². The summed E-state index contributed by atoms with van der Waals surface area (Å²) in [7, 11) is 1.56. The summed E-state index contributed by atoms with van der Waals surface area (Å²) in [6.45, 7) is 0. The lowest BCUT2D eigenvalue weighted by atomic mass is 10.0. The standard InChI is InChI=1S/C18H19FN2O3/c1-24-15-7-5-12(6-8-15)10-16(18(20)23)21-17(22)11-13-3-2-4-14(19)9-13/h2-9,16H,10-11H2,1H3,(H2,20,23)(H,21,22)/t16-/m0/s1. The Bertz CT molecular complexity index is 716. The lowest BCUT2D eigenvalue weighted by molar-refractivity contribution is -0.127. The van der Waals surface area contributed by atoms with Gasteiger partial charge in [0.15, 0.2) is 0 Å². The molecule has 2 aromatic rings. The highest BCUT2D eigenvalue weighted by Gasteiger charge is 2.19. The molecule has 6 heteroatoms. The van der Waals surface area contributed by atoms with E-state index in [4.69, 9.17) is 10.5 Å². The van der Waals surface area contributed by atoms with E-state index in [2.05, 4.69) is 5.32 Å². The molecule has 2 amide bonds. The fraction of sp³-hybridized carbons (Fsp3) is 0.222. The molecule has 0 aromatic heterocycles. The minimum atomic E-state index is -0.834. The zero-order valence-electron chi connectivity index (χ0n) is 13.3. The summed E-state index contributed by atoms with van der Waals surface area (Å²) < 4.78 is 18.2. The smallest absolute Gasteiger partial charge is 0.240 e. The van der Waals surface area contributed by atoms with E-state index in [-0.39, 0.29) is 12.8 Å². The maximum atomic E-state index is 13.1. The first-order chi connectivity index (χ1) is 11.5. The Morgan fingerprint density at radius 3 is 2.46 bits per heavy atom. The second-order valence-corrected chi connectivity index (χ2v) is 5.38. The lowest BCUT2D eigenvalue weighted by Crippen LogP contribution is -2.46. The zero-order chi connectivity index (χ0) is 17.5. The summed E-state index contributed by atoms with van der Waals surface area (Å²) in [6.07, 6.45) is 0.248. The fourth-order valence-corrected chi connectivity index (χ4v) is 2.30. The van der Waals surface area contributed by atoms with Gasteiger partial charge in [0.05, 0.1) is 13.5 Å². The Hall–Kier alpha value is -2.89. The van der Waals surface area contributed by atoms with Crippen LogP contribution in [0.15, 0.2) is 48.5 Å². The average Bonchev–Trinajstić information content (AvgIpc) is 2.54. The van der Waals surface area contributed by atoms with Crippen LogP contribution in [0.25, 0.3) is 0 Å². The topological polar surface area (TPSA) is 81.4 Å². The van der Waals surface area contributed by atoms with E-state index in [1.54, 1.807) is 37.4 Å². The minimum absolute atomic E-state index is 0.0237. The summed E-state index contributed by atoms with van der Waals surface area (Å²) in [5.74, 6) is -0.731. The molecule has 1 atom stereocenters. The monoisotopic (exact) mass is 330 g/mol. The number of rotatable bonds is 7. The molecule has 2 aromatic carbocycles. The molecule has 126 valence electrons. The summed E-state index contributed by atoms with van der Waals surface area (Å²) in [5, 5.41) is 2.59. The van der Waals surface area contributed by atoms with E-state index in [1.165, 1.54) is 18.2 Å². The second-order valence-electron chi connectivity index (χ2n) is 5.38. The van der Waals surface area contributed by atoms with Crippen molar-refractivity contribution in [1.82, 2.24) is 5.32 Å². The van der Waals surface area contributed by atoms with Gasteiger partial charge >= 0.3 is 0 Å². The first-order valence-corrected chi connectivity index (χ1v) is 7.44. The first kappa shape index (κ1) is 17.5. The number of halogens is 1.